The van der Waals surface area contributed by atoms with E-state index in [9.17, 15) is 17.2 Å². The lowest BCUT2D eigenvalue weighted by Crippen LogP contribution is -2.08. The van der Waals surface area contributed by atoms with Crippen LogP contribution in [0, 0.1) is 11.6 Å². The minimum Gasteiger partial charge on any atom is -0.223 e. The van der Waals surface area contributed by atoms with Gasteiger partial charge in [-0.15, -0.1) is 0 Å². The Balaban J connectivity index is 1.79. The Morgan fingerprint density at radius 2 is 1.67 bits per heavy atom. The maximum absolute atomic E-state index is 14.3. The monoisotopic (exact) mass is 402 g/mol. The average molecular weight is 402 g/mol. The molecule has 0 aliphatic heterocycles. The second-order valence-electron chi connectivity index (χ2n) is 5.94. The Bertz CT molecular complexity index is 1240. The molecule has 4 aromatic rings. The summed E-state index contributed by atoms with van der Waals surface area (Å²) in [5, 5.41) is 0. The lowest BCUT2D eigenvalue weighted by atomic mass is 10.0. The molecule has 4 nitrogen and oxygen atoms in total. The number of fused-ring (bicyclic) bond motifs is 1. The number of benzene rings is 3. The molecule has 0 radical (unpaired) electrons. The summed E-state index contributed by atoms with van der Waals surface area (Å²) in [5.41, 5.74) is 1.31. The van der Waals surface area contributed by atoms with E-state index in [4.69, 9.17) is 0 Å². The first-order valence-corrected chi connectivity index (χ1v) is 10.3. The molecule has 0 saturated heterocycles. The Labute approximate surface area is 158 Å². The van der Waals surface area contributed by atoms with E-state index in [1.807, 2.05) is 0 Å². The molecule has 4 rings (SSSR count). The van der Waals surface area contributed by atoms with Crippen molar-refractivity contribution in [2.75, 3.05) is 0 Å². The Hall–Kier alpha value is -2.71. The van der Waals surface area contributed by atoms with Gasteiger partial charge in [0.25, 0.3) is 0 Å². The molecule has 8 heteroatoms. The topological polar surface area (TPSA) is 59.9 Å². The predicted molar refractivity (Wildman–Crippen MR) is 100 cm³/mol. The summed E-state index contributed by atoms with van der Waals surface area (Å²) < 4.78 is 62.3. The zero-order chi connectivity index (χ0) is 19.0. The van der Waals surface area contributed by atoms with Crippen LogP contribution in [-0.2, 0) is 15.6 Å². The molecule has 0 saturated carbocycles. The number of rotatable bonds is 4. The van der Waals surface area contributed by atoms with Gasteiger partial charge in [0.2, 0.25) is 0 Å². The molecule has 1 heterocycles. The Kier molecular flexibility index (Phi) is 4.45. The molecule has 0 atom stereocenters. The third-order valence-corrected chi connectivity index (χ3v) is 6.38. The number of sulfone groups is 1. The molecule has 0 aliphatic carbocycles. The quantitative estimate of drug-likeness (QED) is 0.500. The summed E-state index contributed by atoms with van der Waals surface area (Å²) >= 11 is 0.906. The molecule has 0 spiro atoms. The van der Waals surface area contributed by atoms with Gasteiger partial charge in [0.15, 0.2) is 9.84 Å². The average Bonchev–Trinajstić information content (AvgIpc) is 3.13. The van der Waals surface area contributed by atoms with Gasteiger partial charge in [0.1, 0.15) is 22.7 Å². The van der Waals surface area contributed by atoms with Crippen molar-refractivity contribution in [1.29, 1.82) is 0 Å². The highest BCUT2D eigenvalue weighted by Gasteiger charge is 2.23. The first-order chi connectivity index (χ1) is 13.0. The van der Waals surface area contributed by atoms with Crippen LogP contribution < -0.4 is 0 Å². The fraction of sp³-hybridized carbons (Fsp3) is 0.0526. The van der Waals surface area contributed by atoms with E-state index < -0.39 is 27.2 Å². The summed E-state index contributed by atoms with van der Waals surface area (Å²) in [6, 6.07) is 15.2. The number of aromatic nitrogens is 2. The fourth-order valence-electron chi connectivity index (χ4n) is 2.86. The van der Waals surface area contributed by atoms with E-state index in [2.05, 4.69) is 8.75 Å². The minimum atomic E-state index is -3.90. The summed E-state index contributed by atoms with van der Waals surface area (Å²) in [7, 11) is -3.90. The van der Waals surface area contributed by atoms with E-state index in [0.29, 0.717) is 11.1 Å². The minimum absolute atomic E-state index is 0.0151. The Morgan fingerprint density at radius 1 is 0.889 bits per heavy atom. The van der Waals surface area contributed by atoms with E-state index in [-0.39, 0.29) is 21.5 Å². The van der Waals surface area contributed by atoms with Crippen molar-refractivity contribution < 1.29 is 17.2 Å². The standard InChI is InChI=1S/C19H12F2N2O2S2/c20-15-10-16(21)14(12-5-2-1-3-6-12)9-13(15)11-27(24,25)18-8-4-7-17-19(18)23-26-22-17/h1-10H,11H2. The van der Waals surface area contributed by atoms with Crippen LogP contribution in [0.4, 0.5) is 8.78 Å². The summed E-state index contributed by atoms with van der Waals surface area (Å²) in [6.45, 7) is 0. The molecule has 0 amide bonds. The van der Waals surface area contributed by atoms with Crippen LogP contribution >= 0.6 is 11.7 Å². The van der Waals surface area contributed by atoms with Crippen molar-refractivity contribution in [1.82, 2.24) is 8.75 Å². The van der Waals surface area contributed by atoms with Crippen molar-refractivity contribution in [2.24, 2.45) is 0 Å². The first kappa shape index (κ1) is 17.7. The third kappa shape index (κ3) is 3.33. The smallest absolute Gasteiger partial charge is 0.184 e. The maximum Gasteiger partial charge on any atom is 0.184 e. The SMILES string of the molecule is O=S(=O)(Cc1cc(-c2ccccc2)c(F)cc1F)c1cccc2nsnc12. The lowest BCUT2D eigenvalue weighted by molar-refractivity contribution is 0.571. The van der Waals surface area contributed by atoms with Gasteiger partial charge in [-0.25, -0.2) is 17.2 Å². The lowest BCUT2D eigenvalue weighted by Gasteiger charge is -2.10. The van der Waals surface area contributed by atoms with Crippen molar-refractivity contribution in [3.8, 4) is 11.1 Å². The van der Waals surface area contributed by atoms with Crippen LogP contribution in [0.3, 0.4) is 0 Å². The Morgan fingerprint density at radius 3 is 2.44 bits per heavy atom. The normalized spacial score (nSPS) is 11.8. The number of hydrogen-bond acceptors (Lipinski definition) is 5. The van der Waals surface area contributed by atoms with E-state index in [0.717, 1.165) is 17.8 Å². The van der Waals surface area contributed by atoms with E-state index in [1.54, 1.807) is 42.5 Å². The second-order valence-corrected chi connectivity index (χ2v) is 8.42. The fourth-order valence-corrected chi connectivity index (χ4v) is 4.98. The highest BCUT2D eigenvalue weighted by atomic mass is 32.2. The predicted octanol–water partition coefficient (Wildman–Crippen LogP) is 4.61. The van der Waals surface area contributed by atoms with Gasteiger partial charge in [-0.3, -0.25) is 0 Å². The van der Waals surface area contributed by atoms with Crippen molar-refractivity contribution in [3.05, 3.63) is 77.9 Å². The van der Waals surface area contributed by atoms with Crippen LogP contribution in [0.1, 0.15) is 5.56 Å². The zero-order valence-electron chi connectivity index (χ0n) is 13.8. The number of hydrogen-bond donors (Lipinski definition) is 0. The molecule has 0 aliphatic rings. The van der Waals surface area contributed by atoms with Crippen molar-refractivity contribution >= 4 is 32.6 Å². The van der Waals surface area contributed by atoms with Gasteiger partial charge >= 0.3 is 0 Å². The summed E-state index contributed by atoms with van der Waals surface area (Å²) in [4.78, 5) is -0.0151. The highest BCUT2D eigenvalue weighted by molar-refractivity contribution is 7.90. The molecule has 0 bridgehead atoms. The molecular formula is C19H12F2N2O2S2. The largest absolute Gasteiger partial charge is 0.223 e. The summed E-state index contributed by atoms with van der Waals surface area (Å²) in [6.07, 6.45) is 0. The van der Waals surface area contributed by atoms with E-state index in [1.165, 1.54) is 12.1 Å². The molecule has 1 aromatic heterocycles. The summed E-state index contributed by atoms with van der Waals surface area (Å²) in [5.74, 6) is -2.25. The molecule has 3 aromatic carbocycles. The van der Waals surface area contributed by atoms with Crippen LogP contribution in [0.2, 0.25) is 0 Å². The molecule has 27 heavy (non-hydrogen) atoms. The third-order valence-electron chi connectivity index (χ3n) is 4.15. The molecular weight excluding hydrogens is 390 g/mol. The van der Waals surface area contributed by atoms with Crippen molar-refractivity contribution in [2.45, 2.75) is 10.6 Å². The number of halogens is 2. The molecule has 136 valence electrons. The van der Waals surface area contributed by atoms with Gasteiger partial charge in [-0.2, -0.15) is 8.75 Å². The van der Waals surface area contributed by atoms with Crippen LogP contribution in [-0.4, -0.2) is 17.2 Å². The van der Waals surface area contributed by atoms with Crippen LogP contribution in [0.25, 0.3) is 22.2 Å². The van der Waals surface area contributed by atoms with Crippen LogP contribution in [0.15, 0.2) is 65.6 Å². The number of nitrogens with zero attached hydrogens (tertiary/aromatic N) is 2. The van der Waals surface area contributed by atoms with E-state index >= 15 is 0 Å². The zero-order valence-corrected chi connectivity index (χ0v) is 15.4. The molecule has 0 fully saturated rings. The van der Waals surface area contributed by atoms with Gasteiger partial charge in [0, 0.05) is 17.2 Å². The molecule has 0 N–H and O–H groups in total. The second kappa shape index (κ2) is 6.79. The first-order valence-electron chi connectivity index (χ1n) is 7.93. The van der Waals surface area contributed by atoms with Crippen molar-refractivity contribution in [3.63, 3.8) is 0 Å². The maximum atomic E-state index is 14.3. The van der Waals surface area contributed by atoms with Crippen LogP contribution in [0.5, 0.6) is 0 Å². The van der Waals surface area contributed by atoms with Gasteiger partial charge < -0.3 is 0 Å². The van der Waals surface area contributed by atoms with Gasteiger partial charge in [-0.05, 0) is 23.8 Å². The highest BCUT2D eigenvalue weighted by Crippen LogP contribution is 2.29. The van der Waals surface area contributed by atoms with Gasteiger partial charge in [-0.1, -0.05) is 36.4 Å². The molecule has 0 unspecified atom stereocenters. The van der Waals surface area contributed by atoms with Gasteiger partial charge in [0.05, 0.1) is 22.4 Å².